The number of nitriles is 1. The first-order valence-corrected chi connectivity index (χ1v) is 8.92. The van der Waals surface area contributed by atoms with E-state index in [2.05, 4.69) is 49.0 Å². The van der Waals surface area contributed by atoms with Crippen LogP contribution < -0.4 is 5.32 Å². The summed E-state index contributed by atoms with van der Waals surface area (Å²) < 4.78 is 0. The van der Waals surface area contributed by atoms with E-state index >= 15 is 0 Å². The molecule has 0 saturated carbocycles. The first kappa shape index (κ1) is 18.2. The Kier molecular flexibility index (Phi) is 5.70. The minimum Gasteiger partial charge on any atom is -0.351 e. The molecule has 5 heteroatoms. The van der Waals surface area contributed by atoms with Crippen molar-refractivity contribution in [2.24, 2.45) is 5.41 Å². The number of hydrogen-bond acceptors (Lipinski definition) is 4. The molecule has 23 heavy (non-hydrogen) atoms. The molecule has 2 rings (SSSR count). The van der Waals surface area contributed by atoms with Crippen LogP contribution >= 0.6 is 0 Å². The summed E-state index contributed by atoms with van der Waals surface area (Å²) in [6.07, 6.45) is 3.91. The second-order valence-electron chi connectivity index (χ2n) is 8.11. The number of hydrogen-bond donors (Lipinski definition) is 1. The smallest absolute Gasteiger partial charge is 0.222 e. The van der Waals surface area contributed by atoms with Crippen LogP contribution in [0.3, 0.4) is 0 Å². The van der Waals surface area contributed by atoms with Gasteiger partial charge >= 0.3 is 0 Å². The maximum atomic E-state index is 12.6. The third kappa shape index (κ3) is 4.68. The van der Waals surface area contributed by atoms with E-state index in [4.69, 9.17) is 0 Å². The molecule has 0 aromatic carbocycles. The van der Waals surface area contributed by atoms with Crippen molar-refractivity contribution in [2.75, 3.05) is 33.2 Å². The average molecular weight is 320 g/mol. The van der Waals surface area contributed by atoms with Gasteiger partial charge < -0.3 is 15.1 Å². The number of carbonyl (C=O) groups excluding carboxylic acids is 1. The van der Waals surface area contributed by atoms with Crippen molar-refractivity contribution < 1.29 is 4.79 Å². The SMILES string of the molecule is CC(C)N1CCC(C#N)(CC(=O)NC2(C)CCN(C)CC2)CC1. The summed E-state index contributed by atoms with van der Waals surface area (Å²) in [5.74, 6) is 0.0524. The quantitative estimate of drug-likeness (QED) is 0.860. The van der Waals surface area contributed by atoms with E-state index < -0.39 is 5.41 Å². The number of nitrogens with one attached hydrogen (secondary N) is 1. The van der Waals surface area contributed by atoms with Gasteiger partial charge in [-0.2, -0.15) is 5.26 Å². The largest absolute Gasteiger partial charge is 0.351 e. The number of amides is 1. The Bertz CT molecular complexity index is 452. The van der Waals surface area contributed by atoms with Gasteiger partial charge in [0.1, 0.15) is 0 Å². The van der Waals surface area contributed by atoms with Crippen LogP contribution in [-0.4, -0.2) is 60.5 Å². The first-order chi connectivity index (χ1) is 10.8. The number of nitrogens with zero attached hydrogens (tertiary/aromatic N) is 3. The van der Waals surface area contributed by atoms with Gasteiger partial charge in [-0.05, 0) is 66.6 Å². The van der Waals surface area contributed by atoms with Crippen LogP contribution in [0.1, 0.15) is 52.9 Å². The fourth-order valence-electron chi connectivity index (χ4n) is 3.72. The molecule has 1 amide bonds. The fourth-order valence-corrected chi connectivity index (χ4v) is 3.72. The topological polar surface area (TPSA) is 59.4 Å². The molecule has 130 valence electrons. The normalized spacial score (nSPS) is 25.0. The second-order valence-corrected chi connectivity index (χ2v) is 8.11. The zero-order valence-corrected chi connectivity index (χ0v) is 15.2. The standard InChI is InChI=1S/C18H32N4O/c1-15(2)22-11-7-18(14-19,8-12-22)13-16(23)20-17(3)5-9-21(4)10-6-17/h15H,5-13H2,1-4H3,(H,20,23). The van der Waals surface area contributed by atoms with Crippen LogP contribution in [0.25, 0.3) is 0 Å². The number of rotatable bonds is 4. The van der Waals surface area contributed by atoms with Crippen LogP contribution in [0.5, 0.6) is 0 Å². The highest BCUT2D eigenvalue weighted by atomic mass is 16.1. The summed E-state index contributed by atoms with van der Waals surface area (Å²) >= 11 is 0. The molecule has 2 aliphatic heterocycles. The zero-order valence-electron chi connectivity index (χ0n) is 15.2. The third-order valence-electron chi connectivity index (χ3n) is 5.75. The molecule has 2 saturated heterocycles. The van der Waals surface area contributed by atoms with Crippen molar-refractivity contribution in [3.8, 4) is 6.07 Å². The van der Waals surface area contributed by atoms with Gasteiger partial charge in [-0.1, -0.05) is 0 Å². The van der Waals surface area contributed by atoms with Gasteiger partial charge in [-0.25, -0.2) is 0 Å². The van der Waals surface area contributed by atoms with E-state index in [9.17, 15) is 10.1 Å². The molecule has 5 nitrogen and oxygen atoms in total. The van der Waals surface area contributed by atoms with Crippen molar-refractivity contribution in [3.05, 3.63) is 0 Å². The van der Waals surface area contributed by atoms with Gasteiger partial charge in [-0.3, -0.25) is 4.79 Å². The molecule has 0 bridgehead atoms. The van der Waals surface area contributed by atoms with Crippen molar-refractivity contribution in [2.45, 2.75) is 64.5 Å². The monoisotopic (exact) mass is 320 g/mol. The highest BCUT2D eigenvalue weighted by molar-refractivity contribution is 5.78. The molecule has 0 unspecified atom stereocenters. The molecule has 0 atom stereocenters. The highest BCUT2D eigenvalue weighted by Gasteiger charge is 2.39. The van der Waals surface area contributed by atoms with E-state index in [1.165, 1.54) is 0 Å². The molecule has 1 N–H and O–H groups in total. The van der Waals surface area contributed by atoms with Crippen molar-refractivity contribution in [1.82, 2.24) is 15.1 Å². The van der Waals surface area contributed by atoms with Gasteiger partial charge in [0.2, 0.25) is 5.91 Å². The molecular weight excluding hydrogens is 288 g/mol. The zero-order chi connectivity index (χ0) is 17.1. The molecule has 0 spiro atoms. The lowest BCUT2D eigenvalue weighted by Crippen LogP contribution is -2.53. The maximum Gasteiger partial charge on any atom is 0.222 e. The first-order valence-electron chi connectivity index (χ1n) is 8.92. The van der Waals surface area contributed by atoms with E-state index in [1.807, 2.05) is 0 Å². The minimum atomic E-state index is -0.475. The summed E-state index contributed by atoms with van der Waals surface area (Å²) in [6.45, 7) is 10.4. The van der Waals surface area contributed by atoms with E-state index in [-0.39, 0.29) is 11.4 Å². The van der Waals surface area contributed by atoms with E-state index in [0.717, 1.165) is 51.9 Å². The van der Waals surface area contributed by atoms with Gasteiger partial charge in [-0.15, -0.1) is 0 Å². The summed E-state index contributed by atoms with van der Waals surface area (Å²) in [5.41, 5.74) is -0.587. The molecule has 0 radical (unpaired) electrons. The number of piperidine rings is 2. The maximum absolute atomic E-state index is 12.6. The Balaban J connectivity index is 1.89. The lowest BCUT2D eigenvalue weighted by atomic mass is 9.76. The summed E-state index contributed by atoms with van der Waals surface area (Å²) in [4.78, 5) is 17.2. The minimum absolute atomic E-state index is 0.0524. The highest BCUT2D eigenvalue weighted by Crippen LogP contribution is 2.35. The molecule has 2 aliphatic rings. The summed E-state index contributed by atoms with van der Waals surface area (Å²) in [7, 11) is 2.12. The Morgan fingerprint density at radius 1 is 1.17 bits per heavy atom. The Hall–Kier alpha value is -1.12. The fraction of sp³-hybridized carbons (Fsp3) is 0.889. The Morgan fingerprint density at radius 2 is 1.74 bits per heavy atom. The van der Waals surface area contributed by atoms with Gasteiger partial charge in [0.25, 0.3) is 0 Å². The van der Waals surface area contributed by atoms with Crippen molar-refractivity contribution >= 4 is 5.91 Å². The lowest BCUT2D eigenvalue weighted by molar-refractivity contribution is -0.125. The predicted molar refractivity (Wildman–Crippen MR) is 91.9 cm³/mol. The second kappa shape index (κ2) is 7.19. The van der Waals surface area contributed by atoms with Gasteiger partial charge in [0.15, 0.2) is 0 Å². The van der Waals surface area contributed by atoms with Gasteiger partial charge in [0.05, 0.1) is 11.5 Å². The van der Waals surface area contributed by atoms with E-state index in [0.29, 0.717) is 12.5 Å². The number of carbonyl (C=O) groups is 1. The van der Waals surface area contributed by atoms with E-state index in [1.54, 1.807) is 0 Å². The number of likely N-dealkylation sites (tertiary alicyclic amines) is 2. The Morgan fingerprint density at radius 3 is 2.22 bits per heavy atom. The van der Waals surface area contributed by atoms with Crippen molar-refractivity contribution in [1.29, 1.82) is 5.26 Å². The van der Waals surface area contributed by atoms with Crippen LogP contribution in [0, 0.1) is 16.7 Å². The molecular formula is C18H32N4O. The third-order valence-corrected chi connectivity index (χ3v) is 5.75. The molecule has 2 fully saturated rings. The average Bonchev–Trinajstić information content (AvgIpc) is 2.50. The lowest BCUT2D eigenvalue weighted by Gasteiger charge is -2.41. The predicted octanol–water partition coefficient (Wildman–Crippen LogP) is 1.99. The summed E-state index contributed by atoms with van der Waals surface area (Å²) in [5, 5.41) is 12.9. The van der Waals surface area contributed by atoms with Crippen LogP contribution in [0.15, 0.2) is 0 Å². The molecule has 0 aliphatic carbocycles. The van der Waals surface area contributed by atoms with Crippen LogP contribution in [-0.2, 0) is 4.79 Å². The molecule has 0 aromatic heterocycles. The molecule has 2 heterocycles. The van der Waals surface area contributed by atoms with Gasteiger partial charge in [0, 0.05) is 31.1 Å². The Labute approximate surface area is 141 Å². The molecule has 0 aromatic rings. The van der Waals surface area contributed by atoms with Crippen LogP contribution in [0.4, 0.5) is 0 Å². The van der Waals surface area contributed by atoms with Crippen molar-refractivity contribution in [3.63, 3.8) is 0 Å². The van der Waals surface area contributed by atoms with Crippen LogP contribution in [0.2, 0.25) is 0 Å². The summed E-state index contributed by atoms with van der Waals surface area (Å²) in [6, 6.07) is 2.98.